The van der Waals surface area contributed by atoms with Crippen molar-refractivity contribution in [2.24, 2.45) is 5.41 Å². The van der Waals surface area contributed by atoms with Crippen LogP contribution in [0.25, 0.3) is 0 Å². The summed E-state index contributed by atoms with van der Waals surface area (Å²) in [6, 6.07) is 11.8. The standard InChI is InChI=1S/C27H35ClN2O6S/c1-34-23-11-12-24(35-2)25(17-23)37(32,33)30-16-6-13-27(19-30,18-26(31)29-14-4-3-5-15-29)20-36-22-9-7-21(28)8-10-22/h7-12,17H,3-6,13-16,18-20H2,1-2H3. The van der Waals surface area contributed by atoms with E-state index in [0.29, 0.717) is 35.9 Å². The number of sulfonamides is 1. The first-order chi connectivity index (χ1) is 17.8. The van der Waals surface area contributed by atoms with Crippen LogP contribution in [-0.2, 0) is 14.8 Å². The number of hydrogen-bond donors (Lipinski definition) is 0. The largest absolute Gasteiger partial charge is 0.497 e. The number of benzene rings is 2. The number of piperidine rings is 2. The highest BCUT2D eigenvalue weighted by Crippen LogP contribution is 2.39. The molecule has 37 heavy (non-hydrogen) atoms. The minimum Gasteiger partial charge on any atom is -0.497 e. The summed E-state index contributed by atoms with van der Waals surface area (Å²) in [7, 11) is -0.994. The van der Waals surface area contributed by atoms with Gasteiger partial charge >= 0.3 is 0 Å². The smallest absolute Gasteiger partial charge is 0.246 e. The first-order valence-electron chi connectivity index (χ1n) is 12.6. The summed E-state index contributed by atoms with van der Waals surface area (Å²) < 4.78 is 46.0. The molecule has 0 N–H and O–H groups in total. The molecule has 2 heterocycles. The van der Waals surface area contributed by atoms with Crippen molar-refractivity contribution in [3.63, 3.8) is 0 Å². The number of carbonyl (C=O) groups excluding carboxylic acids is 1. The molecular weight excluding hydrogens is 516 g/mol. The van der Waals surface area contributed by atoms with E-state index in [2.05, 4.69) is 0 Å². The van der Waals surface area contributed by atoms with E-state index in [0.717, 1.165) is 32.4 Å². The monoisotopic (exact) mass is 550 g/mol. The lowest BCUT2D eigenvalue weighted by atomic mass is 9.78. The summed E-state index contributed by atoms with van der Waals surface area (Å²) >= 11 is 6.02. The third-order valence-corrected chi connectivity index (χ3v) is 9.33. The van der Waals surface area contributed by atoms with Crippen molar-refractivity contribution in [3.8, 4) is 17.2 Å². The number of ether oxygens (including phenoxy) is 3. The van der Waals surface area contributed by atoms with Crippen LogP contribution < -0.4 is 14.2 Å². The molecule has 8 nitrogen and oxygen atoms in total. The van der Waals surface area contributed by atoms with E-state index in [1.54, 1.807) is 36.4 Å². The summed E-state index contributed by atoms with van der Waals surface area (Å²) in [5.41, 5.74) is -0.675. The number of carbonyl (C=O) groups is 1. The van der Waals surface area contributed by atoms with Gasteiger partial charge in [0.05, 0.1) is 20.8 Å². The van der Waals surface area contributed by atoms with Crippen molar-refractivity contribution in [1.82, 2.24) is 9.21 Å². The van der Waals surface area contributed by atoms with Crippen LogP contribution in [0.1, 0.15) is 38.5 Å². The second-order valence-electron chi connectivity index (χ2n) is 9.82. The van der Waals surface area contributed by atoms with Crippen molar-refractivity contribution >= 4 is 27.5 Å². The van der Waals surface area contributed by atoms with E-state index in [4.69, 9.17) is 25.8 Å². The maximum atomic E-state index is 13.9. The molecule has 0 spiro atoms. The summed E-state index contributed by atoms with van der Waals surface area (Å²) in [5.74, 6) is 1.36. The number of amides is 1. The van der Waals surface area contributed by atoms with E-state index in [-0.39, 0.29) is 36.1 Å². The van der Waals surface area contributed by atoms with Crippen LogP contribution in [0.3, 0.4) is 0 Å². The van der Waals surface area contributed by atoms with Gasteiger partial charge in [-0.3, -0.25) is 4.79 Å². The Morgan fingerprint density at radius 2 is 1.65 bits per heavy atom. The quantitative estimate of drug-likeness (QED) is 0.453. The van der Waals surface area contributed by atoms with Gasteiger partial charge in [0.25, 0.3) is 0 Å². The second kappa shape index (κ2) is 11.9. The van der Waals surface area contributed by atoms with Crippen molar-refractivity contribution in [2.75, 3.05) is 47.0 Å². The molecule has 0 aromatic heterocycles. The number of nitrogens with zero attached hydrogens (tertiary/aromatic N) is 2. The Morgan fingerprint density at radius 1 is 0.946 bits per heavy atom. The minimum atomic E-state index is -3.93. The molecule has 2 aromatic carbocycles. The van der Waals surface area contributed by atoms with Crippen molar-refractivity contribution in [2.45, 2.75) is 43.4 Å². The normalized spacial score (nSPS) is 20.9. The van der Waals surface area contributed by atoms with E-state index < -0.39 is 15.4 Å². The number of halogens is 1. The van der Waals surface area contributed by atoms with E-state index in [1.807, 2.05) is 4.90 Å². The Labute approximate surface area is 224 Å². The second-order valence-corrected chi connectivity index (χ2v) is 12.2. The number of likely N-dealkylation sites (tertiary alicyclic amines) is 1. The van der Waals surface area contributed by atoms with Crippen molar-refractivity contribution < 1.29 is 27.4 Å². The molecule has 0 saturated carbocycles. The SMILES string of the molecule is COc1ccc(OC)c(S(=O)(=O)N2CCCC(COc3ccc(Cl)cc3)(CC(=O)N3CCCCC3)C2)c1. The fourth-order valence-electron chi connectivity index (χ4n) is 5.15. The Bertz CT molecular complexity index is 1180. The third kappa shape index (κ3) is 6.51. The summed E-state index contributed by atoms with van der Waals surface area (Å²) in [4.78, 5) is 15.3. The highest BCUT2D eigenvalue weighted by atomic mass is 35.5. The zero-order valence-corrected chi connectivity index (χ0v) is 23.0. The van der Waals surface area contributed by atoms with Crippen LogP contribution in [0.2, 0.25) is 5.02 Å². The molecular formula is C27H35ClN2O6S. The number of methoxy groups -OCH3 is 2. The van der Waals surface area contributed by atoms with Gasteiger partial charge in [0, 0.05) is 49.1 Å². The number of hydrogen-bond acceptors (Lipinski definition) is 6. The lowest BCUT2D eigenvalue weighted by molar-refractivity contribution is -0.136. The van der Waals surface area contributed by atoms with Gasteiger partial charge in [0.2, 0.25) is 15.9 Å². The Balaban J connectivity index is 1.62. The lowest BCUT2D eigenvalue weighted by Gasteiger charge is -2.42. The molecule has 1 atom stereocenters. The fraction of sp³-hybridized carbons (Fsp3) is 0.519. The van der Waals surface area contributed by atoms with Crippen LogP contribution in [0.15, 0.2) is 47.4 Å². The van der Waals surface area contributed by atoms with E-state index in [1.165, 1.54) is 24.6 Å². The molecule has 2 aliphatic rings. The topological polar surface area (TPSA) is 85.4 Å². The van der Waals surface area contributed by atoms with Crippen molar-refractivity contribution in [1.29, 1.82) is 0 Å². The molecule has 0 radical (unpaired) electrons. The molecule has 10 heteroatoms. The molecule has 0 aliphatic carbocycles. The first-order valence-corrected chi connectivity index (χ1v) is 14.5. The first kappa shape index (κ1) is 27.5. The van der Waals surface area contributed by atoms with Gasteiger partial charge in [-0.25, -0.2) is 8.42 Å². The lowest BCUT2D eigenvalue weighted by Crippen LogP contribution is -2.51. The highest BCUT2D eigenvalue weighted by molar-refractivity contribution is 7.89. The average molecular weight is 551 g/mol. The number of rotatable bonds is 9. The van der Waals surface area contributed by atoms with Gasteiger partial charge < -0.3 is 19.1 Å². The zero-order valence-electron chi connectivity index (χ0n) is 21.4. The molecule has 4 rings (SSSR count). The van der Waals surface area contributed by atoms with Crippen LogP contribution >= 0.6 is 11.6 Å². The predicted molar refractivity (Wildman–Crippen MR) is 142 cm³/mol. The van der Waals surface area contributed by atoms with Crippen LogP contribution in [0.4, 0.5) is 0 Å². The summed E-state index contributed by atoms with van der Waals surface area (Å²) in [6.45, 7) is 2.23. The van der Waals surface area contributed by atoms with E-state index in [9.17, 15) is 13.2 Å². The van der Waals surface area contributed by atoms with Gasteiger partial charge in [-0.05, 0) is 68.5 Å². The van der Waals surface area contributed by atoms with Crippen LogP contribution in [0, 0.1) is 5.41 Å². The Kier molecular flexibility index (Phi) is 8.87. The van der Waals surface area contributed by atoms with E-state index >= 15 is 0 Å². The molecule has 2 aromatic rings. The van der Waals surface area contributed by atoms with Crippen molar-refractivity contribution in [3.05, 3.63) is 47.5 Å². The molecule has 2 fully saturated rings. The Hall–Kier alpha value is -2.49. The Morgan fingerprint density at radius 3 is 2.32 bits per heavy atom. The summed E-state index contributed by atoms with van der Waals surface area (Å²) in [6.07, 6.45) is 4.64. The molecule has 1 amide bonds. The van der Waals surface area contributed by atoms with Gasteiger partial charge in [0.15, 0.2) is 0 Å². The summed E-state index contributed by atoms with van der Waals surface area (Å²) in [5, 5.41) is 0.601. The maximum absolute atomic E-state index is 13.9. The third-order valence-electron chi connectivity index (χ3n) is 7.21. The van der Waals surface area contributed by atoms with Gasteiger partial charge in [0.1, 0.15) is 22.1 Å². The molecule has 0 bridgehead atoms. The maximum Gasteiger partial charge on any atom is 0.246 e. The molecule has 1 unspecified atom stereocenters. The van der Waals surface area contributed by atoms with Crippen LogP contribution in [-0.4, -0.2) is 70.5 Å². The van der Waals surface area contributed by atoms with Gasteiger partial charge in [-0.1, -0.05) is 11.6 Å². The zero-order chi connectivity index (χ0) is 26.5. The minimum absolute atomic E-state index is 0.0473. The van der Waals surface area contributed by atoms with Crippen LogP contribution in [0.5, 0.6) is 17.2 Å². The molecule has 2 aliphatic heterocycles. The highest BCUT2D eigenvalue weighted by Gasteiger charge is 2.44. The molecule has 202 valence electrons. The average Bonchev–Trinajstić information content (AvgIpc) is 2.93. The fourth-order valence-corrected chi connectivity index (χ4v) is 7.04. The predicted octanol–water partition coefficient (Wildman–Crippen LogP) is 4.61. The van der Waals surface area contributed by atoms with Gasteiger partial charge in [-0.15, -0.1) is 0 Å². The molecule has 2 saturated heterocycles. The van der Waals surface area contributed by atoms with Gasteiger partial charge in [-0.2, -0.15) is 4.31 Å².